The number of anilines is 2. The number of hydrogen-bond acceptors (Lipinski definition) is 6. The highest BCUT2D eigenvalue weighted by Gasteiger charge is 2.32. The first-order valence-corrected chi connectivity index (χ1v) is 7.94. The van der Waals surface area contributed by atoms with E-state index in [0.717, 1.165) is 41.0 Å². The van der Waals surface area contributed by atoms with Crippen LogP contribution in [0.1, 0.15) is 30.5 Å². The van der Waals surface area contributed by atoms with Crippen molar-refractivity contribution >= 4 is 34.3 Å². The quantitative estimate of drug-likeness (QED) is 0.742. The van der Waals surface area contributed by atoms with Gasteiger partial charge in [-0.15, -0.1) is 0 Å². The van der Waals surface area contributed by atoms with E-state index in [1.807, 2.05) is 12.1 Å². The maximum absolute atomic E-state index is 6.31. The van der Waals surface area contributed by atoms with Gasteiger partial charge in [0.1, 0.15) is 16.6 Å². The smallest absolute Gasteiger partial charge is 0.223 e. The highest BCUT2D eigenvalue weighted by molar-refractivity contribution is 6.30. The van der Waals surface area contributed by atoms with E-state index in [1.165, 1.54) is 0 Å². The number of nitrogens with two attached hydrogens (primary N) is 1. The molecule has 118 valence electrons. The lowest BCUT2D eigenvalue weighted by Gasteiger charge is -2.18. The number of pyridine rings is 1. The van der Waals surface area contributed by atoms with Gasteiger partial charge in [0.05, 0.1) is 18.5 Å². The standard InChI is InChI=1S/C16H16ClN5O/c1-2-9-7-22(15-13(9)14(17)20-16(18)21-15)8-11-10-4-6-23-12(10)3-5-19-11/h3-6,9H,2,7-8H2,1H3,(H2,18,20,21). The van der Waals surface area contributed by atoms with Crippen molar-refractivity contribution in [3.05, 3.63) is 41.0 Å². The van der Waals surface area contributed by atoms with E-state index in [2.05, 4.69) is 26.8 Å². The highest BCUT2D eigenvalue weighted by atomic mass is 35.5. The lowest BCUT2D eigenvalue weighted by molar-refractivity contribution is 0.615. The van der Waals surface area contributed by atoms with E-state index in [9.17, 15) is 0 Å². The molecule has 1 unspecified atom stereocenters. The first-order valence-electron chi connectivity index (χ1n) is 7.56. The number of furan rings is 1. The Morgan fingerprint density at radius 3 is 3.09 bits per heavy atom. The van der Waals surface area contributed by atoms with Crippen LogP contribution in [0.3, 0.4) is 0 Å². The third-order valence-electron chi connectivity index (χ3n) is 4.34. The fourth-order valence-corrected chi connectivity index (χ4v) is 3.54. The van der Waals surface area contributed by atoms with Crippen molar-refractivity contribution < 1.29 is 4.42 Å². The monoisotopic (exact) mass is 329 g/mol. The molecule has 23 heavy (non-hydrogen) atoms. The molecule has 3 aromatic heterocycles. The van der Waals surface area contributed by atoms with Crippen LogP contribution in [0.15, 0.2) is 29.0 Å². The molecule has 4 rings (SSSR count). The Morgan fingerprint density at radius 2 is 2.26 bits per heavy atom. The molecule has 0 bridgehead atoms. The van der Waals surface area contributed by atoms with E-state index in [0.29, 0.717) is 17.6 Å². The van der Waals surface area contributed by atoms with Crippen molar-refractivity contribution in [3.8, 4) is 0 Å². The van der Waals surface area contributed by atoms with Gasteiger partial charge in [-0.05, 0) is 18.6 Å². The van der Waals surface area contributed by atoms with E-state index in [1.54, 1.807) is 12.5 Å². The van der Waals surface area contributed by atoms with Gasteiger partial charge >= 0.3 is 0 Å². The van der Waals surface area contributed by atoms with Crippen molar-refractivity contribution in [1.29, 1.82) is 0 Å². The van der Waals surface area contributed by atoms with Crippen molar-refractivity contribution in [2.24, 2.45) is 0 Å². The second-order valence-corrected chi connectivity index (χ2v) is 6.04. The minimum absolute atomic E-state index is 0.199. The Hall–Kier alpha value is -2.34. The molecule has 7 heteroatoms. The average molecular weight is 330 g/mol. The Labute approximate surface area is 138 Å². The molecule has 0 aromatic carbocycles. The summed E-state index contributed by atoms with van der Waals surface area (Å²) < 4.78 is 5.45. The summed E-state index contributed by atoms with van der Waals surface area (Å²) >= 11 is 6.31. The molecular weight excluding hydrogens is 314 g/mol. The number of nitrogens with zero attached hydrogens (tertiary/aromatic N) is 4. The summed E-state index contributed by atoms with van der Waals surface area (Å²) in [6.07, 6.45) is 4.41. The summed E-state index contributed by atoms with van der Waals surface area (Å²) in [5, 5.41) is 1.47. The molecule has 1 aliphatic heterocycles. The number of nitrogen functional groups attached to an aromatic ring is 1. The van der Waals surface area contributed by atoms with E-state index in [-0.39, 0.29) is 5.95 Å². The van der Waals surface area contributed by atoms with Gasteiger partial charge in [0.15, 0.2) is 0 Å². The third kappa shape index (κ3) is 2.30. The molecule has 0 radical (unpaired) electrons. The lowest BCUT2D eigenvalue weighted by Crippen LogP contribution is -2.22. The molecule has 0 fully saturated rings. The van der Waals surface area contributed by atoms with Gasteiger partial charge in [0.2, 0.25) is 5.95 Å². The van der Waals surface area contributed by atoms with E-state index < -0.39 is 0 Å². The van der Waals surface area contributed by atoms with Gasteiger partial charge < -0.3 is 15.1 Å². The van der Waals surface area contributed by atoms with Gasteiger partial charge in [-0.3, -0.25) is 4.98 Å². The van der Waals surface area contributed by atoms with Crippen LogP contribution in [0.4, 0.5) is 11.8 Å². The largest absolute Gasteiger partial charge is 0.464 e. The van der Waals surface area contributed by atoms with Gasteiger partial charge in [-0.1, -0.05) is 18.5 Å². The van der Waals surface area contributed by atoms with Crippen molar-refractivity contribution in [2.45, 2.75) is 25.8 Å². The average Bonchev–Trinajstić information content (AvgIpc) is 3.13. The summed E-state index contributed by atoms with van der Waals surface area (Å²) in [6, 6.07) is 3.80. The zero-order valence-electron chi connectivity index (χ0n) is 12.7. The van der Waals surface area contributed by atoms with E-state index in [4.69, 9.17) is 21.8 Å². The van der Waals surface area contributed by atoms with Crippen LogP contribution in [-0.4, -0.2) is 21.5 Å². The van der Waals surface area contributed by atoms with Crippen LogP contribution >= 0.6 is 11.6 Å². The van der Waals surface area contributed by atoms with Gasteiger partial charge in [0, 0.05) is 29.6 Å². The zero-order valence-corrected chi connectivity index (χ0v) is 13.4. The van der Waals surface area contributed by atoms with Crippen LogP contribution in [0.5, 0.6) is 0 Å². The normalized spacial score (nSPS) is 17.0. The molecule has 0 spiro atoms. The number of halogens is 1. The fraction of sp³-hybridized carbons (Fsp3) is 0.312. The zero-order chi connectivity index (χ0) is 16.0. The SMILES string of the molecule is CCC1CN(Cc2nccc3occc23)c2nc(N)nc(Cl)c21. The van der Waals surface area contributed by atoms with Crippen LogP contribution in [0.2, 0.25) is 5.15 Å². The summed E-state index contributed by atoms with van der Waals surface area (Å²) in [5.41, 5.74) is 8.56. The fourth-order valence-electron chi connectivity index (χ4n) is 3.22. The predicted molar refractivity (Wildman–Crippen MR) is 89.5 cm³/mol. The second-order valence-electron chi connectivity index (χ2n) is 5.69. The molecule has 1 atom stereocenters. The van der Waals surface area contributed by atoms with Crippen LogP contribution in [-0.2, 0) is 6.54 Å². The summed E-state index contributed by atoms with van der Waals surface area (Å²) in [6.45, 7) is 3.60. The van der Waals surface area contributed by atoms with Crippen LogP contribution in [0, 0.1) is 0 Å². The van der Waals surface area contributed by atoms with Crippen molar-refractivity contribution in [2.75, 3.05) is 17.2 Å². The molecule has 2 N–H and O–H groups in total. The number of rotatable bonds is 3. The van der Waals surface area contributed by atoms with Gasteiger partial charge in [-0.25, -0.2) is 4.98 Å². The molecule has 0 aliphatic carbocycles. The topological polar surface area (TPSA) is 81.1 Å². The molecule has 0 saturated heterocycles. The van der Waals surface area contributed by atoms with E-state index >= 15 is 0 Å². The van der Waals surface area contributed by atoms with Crippen molar-refractivity contribution in [1.82, 2.24) is 15.0 Å². The molecule has 6 nitrogen and oxygen atoms in total. The number of aromatic nitrogens is 3. The Kier molecular flexibility index (Phi) is 3.34. The van der Waals surface area contributed by atoms with Crippen LogP contribution < -0.4 is 10.6 Å². The molecule has 4 heterocycles. The highest BCUT2D eigenvalue weighted by Crippen LogP contribution is 2.41. The summed E-state index contributed by atoms with van der Waals surface area (Å²) in [5.74, 6) is 1.32. The van der Waals surface area contributed by atoms with Crippen LogP contribution in [0.25, 0.3) is 11.0 Å². The predicted octanol–water partition coefficient (Wildman–Crippen LogP) is 3.37. The Morgan fingerprint density at radius 1 is 1.39 bits per heavy atom. The summed E-state index contributed by atoms with van der Waals surface area (Å²) in [7, 11) is 0. The lowest BCUT2D eigenvalue weighted by atomic mass is 10.0. The van der Waals surface area contributed by atoms with Crippen molar-refractivity contribution in [3.63, 3.8) is 0 Å². The molecule has 0 amide bonds. The number of hydrogen-bond donors (Lipinski definition) is 1. The number of fused-ring (bicyclic) bond motifs is 2. The molecule has 3 aromatic rings. The first kappa shape index (κ1) is 14.3. The molecule has 0 saturated carbocycles. The Balaban J connectivity index is 1.76. The van der Waals surface area contributed by atoms with Gasteiger partial charge in [0.25, 0.3) is 0 Å². The third-order valence-corrected chi connectivity index (χ3v) is 4.63. The Bertz CT molecular complexity index is 878. The maximum Gasteiger partial charge on any atom is 0.223 e. The molecular formula is C16H16ClN5O. The summed E-state index contributed by atoms with van der Waals surface area (Å²) in [4.78, 5) is 15.2. The minimum atomic E-state index is 0.199. The second kappa shape index (κ2) is 5.38. The molecule has 1 aliphatic rings. The van der Waals surface area contributed by atoms with Gasteiger partial charge in [-0.2, -0.15) is 4.98 Å². The first-order chi connectivity index (χ1) is 11.2. The minimum Gasteiger partial charge on any atom is -0.464 e. The maximum atomic E-state index is 6.31.